The van der Waals surface area contributed by atoms with Gasteiger partial charge in [-0.05, 0) is 107 Å². The molecule has 11 heteroatoms. The summed E-state index contributed by atoms with van der Waals surface area (Å²) in [5.41, 5.74) is 2.61. The van der Waals surface area contributed by atoms with Crippen LogP contribution in [-0.4, -0.2) is 44.7 Å². The maximum atomic E-state index is 12.9. The monoisotopic (exact) mass is 617 g/mol. The lowest BCUT2D eigenvalue weighted by molar-refractivity contribution is -0.123. The van der Waals surface area contributed by atoms with Crippen molar-refractivity contribution >= 4 is 55.0 Å². The smallest absolute Gasteiger partial charge is 0.339 e. The number of nitrogens with zero attached hydrogens (tertiary/aromatic N) is 1. The van der Waals surface area contributed by atoms with Crippen molar-refractivity contribution in [3.63, 3.8) is 0 Å². The zero-order chi connectivity index (χ0) is 27.4. The van der Waals surface area contributed by atoms with E-state index in [-0.39, 0.29) is 33.9 Å². The zero-order valence-corrected chi connectivity index (χ0v) is 24.0. The highest BCUT2D eigenvalue weighted by atomic mass is 79.9. The molecule has 1 aliphatic heterocycles. The van der Waals surface area contributed by atoms with E-state index < -0.39 is 16.0 Å². The molecule has 1 saturated heterocycles. The van der Waals surface area contributed by atoms with E-state index in [1.165, 1.54) is 37.4 Å². The largest absolute Gasteiger partial charge is 0.497 e. The Bertz CT molecular complexity index is 1520. The molecule has 0 spiro atoms. The van der Waals surface area contributed by atoms with Gasteiger partial charge in [-0.3, -0.25) is 14.5 Å². The van der Waals surface area contributed by atoms with Gasteiger partial charge in [0.05, 0.1) is 23.0 Å². The summed E-state index contributed by atoms with van der Waals surface area (Å²) in [5.74, 6) is 0.902. The fourth-order valence-corrected chi connectivity index (χ4v) is 5.93. The quantitative estimate of drug-likeness (QED) is 0.214. The van der Waals surface area contributed by atoms with Crippen LogP contribution in [0.2, 0.25) is 0 Å². The van der Waals surface area contributed by atoms with Crippen LogP contribution in [0, 0.1) is 13.8 Å². The van der Waals surface area contributed by atoms with Crippen molar-refractivity contribution in [2.45, 2.75) is 18.7 Å². The van der Waals surface area contributed by atoms with Gasteiger partial charge in [0.15, 0.2) is 5.75 Å². The highest BCUT2D eigenvalue weighted by Crippen LogP contribution is 2.34. The Morgan fingerprint density at radius 2 is 1.71 bits per heavy atom. The van der Waals surface area contributed by atoms with Crippen molar-refractivity contribution in [1.29, 1.82) is 0 Å². The van der Waals surface area contributed by atoms with Crippen molar-refractivity contribution in [2.75, 3.05) is 20.3 Å². The summed E-state index contributed by atoms with van der Waals surface area (Å²) in [4.78, 5) is 26.7. The van der Waals surface area contributed by atoms with Crippen LogP contribution in [0.25, 0.3) is 6.08 Å². The molecule has 0 aromatic heterocycles. The minimum atomic E-state index is -4.08. The first-order chi connectivity index (χ1) is 18.1. The standard InChI is InChI=1S/C27H24BrNO7S2/c1-17-4-5-18(2)24(14-17)35-13-12-29-26(30)25(37-27(29)31)16-19-6-11-23(22(28)15-19)36-38(32,33)21-9-7-20(34-3)8-10-21/h4-11,14-16H,12-13H2,1-3H3/b25-16-. The topological polar surface area (TPSA) is 99.2 Å². The lowest BCUT2D eigenvalue weighted by Crippen LogP contribution is -2.32. The molecule has 3 aromatic rings. The number of imide groups is 1. The Morgan fingerprint density at radius 1 is 0.974 bits per heavy atom. The molecule has 38 heavy (non-hydrogen) atoms. The molecule has 4 rings (SSSR count). The molecule has 0 atom stereocenters. The number of rotatable bonds is 9. The summed E-state index contributed by atoms with van der Waals surface area (Å²) in [6.45, 7) is 4.19. The predicted molar refractivity (Wildman–Crippen MR) is 149 cm³/mol. The van der Waals surface area contributed by atoms with Crippen LogP contribution >= 0.6 is 27.7 Å². The number of hydrogen-bond donors (Lipinski definition) is 0. The van der Waals surface area contributed by atoms with E-state index in [1.54, 1.807) is 18.2 Å². The second-order valence-corrected chi connectivity index (χ2v) is 11.7. The van der Waals surface area contributed by atoms with Crippen LogP contribution < -0.4 is 13.7 Å². The summed E-state index contributed by atoms with van der Waals surface area (Å²) in [7, 11) is -2.59. The Morgan fingerprint density at radius 3 is 2.39 bits per heavy atom. The minimum Gasteiger partial charge on any atom is -0.497 e. The first-order valence-electron chi connectivity index (χ1n) is 11.4. The van der Waals surface area contributed by atoms with E-state index in [0.717, 1.165) is 27.8 Å². The predicted octanol–water partition coefficient (Wildman–Crippen LogP) is 5.96. The van der Waals surface area contributed by atoms with Crippen molar-refractivity contribution < 1.29 is 31.7 Å². The molecule has 3 aromatic carbocycles. The van der Waals surface area contributed by atoms with E-state index >= 15 is 0 Å². The summed E-state index contributed by atoms with van der Waals surface area (Å²) >= 11 is 4.17. The van der Waals surface area contributed by atoms with Crippen LogP contribution in [0.15, 0.2) is 74.9 Å². The van der Waals surface area contributed by atoms with E-state index in [0.29, 0.717) is 21.5 Å². The molecule has 1 fully saturated rings. The van der Waals surface area contributed by atoms with Gasteiger partial charge < -0.3 is 13.7 Å². The number of benzene rings is 3. The van der Waals surface area contributed by atoms with Gasteiger partial charge in [0.25, 0.3) is 11.1 Å². The lowest BCUT2D eigenvalue weighted by Gasteiger charge is -2.14. The number of hydrogen-bond acceptors (Lipinski definition) is 8. The molecule has 0 bridgehead atoms. The van der Waals surface area contributed by atoms with Gasteiger partial charge in [0.1, 0.15) is 23.0 Å². The van der Waals surface area contributed by atoms with E-state index in [9.17, 15) is 18.0 Å². The maximum absolute atomic E-state index is 12.9. The first kappa shape index (κ1) is 27.7. The second kappa shape index (κ2) is 11.6. The van der Waals surface area contributed by atoms with Gasteiger partial charge >= 0.3 is 10.1 Å². The lowest BCUT2D eigenvalue weighted by atomic mass is 10.1. The van der Waals surface area contributed by atoms with E-state index in [4.69, 9.17) is 13.7 Å². The van der Waals surface area contributed by atoms with E-state index in [1.807, 2.05) is 32.0 Å². The highest BCUT2D eigenvalue weighted by Gasteiger charge is 2.35. The average Bonchev–Trinajstić information content (AvgIpc) is 3.15. The Labute approximate surface area is 233 Å². The number of methoxy groups -OCH3 is 1. The SMILES string of the molecule is COc1ccc(S(=O)(=O)Oc2ccc(/C=C3\SC(=O)N(CCOc4cc(C)ccc4C)C3=O)cc2Br)cc1. The molecule has 1 heterocycles. The molecule has 8 nitrogen and oxygen atoms in total. The molecule has 0 N–H and O–H groups in total. The number of amides is 2. The van der Waals surface area contributed by atoms with Crippen LogP contribution in [0.3, 0.4) is 0 Å². The second-order valence-electron chi connectivity index (χ2n) is 8.35. The van der Waals surface area contributed by atoms with Gasteiger partial charge in [0, 0.05) is 0 Å². The Hall–Kier alpha value is -3.28. The van der Waals surface area contributed by atoms with Gasteiger partial charge in [0.2, 0.25) is 0 Å². The van der Waals surface area contributed by atoms with Gasteiger partial charge in [-0.1, -0.05) is 18.2 Å². The van der Waals surface area contributed by atoms with Gasteiger partial charge in [-0.15, -0.1) is 0 Å². The van der Waals surface area contributed by atoms with Crippen LogP contribution in [0.4, 0.5) is 4.79 Å². The highest BCUT2D eigenvalue weighted by molar-refractivity contribution is 9.10. The molecule has 198 valence electrons. The molecular weight excluding hydrogens is 594 g/mol. The van der Waals surface area contributed by atoms with E-state index in [2.05, 4.69) is 15.9 Å². The average molecular weight is 619 g/mol. The zero-order valence-electron chi connectivity index (χ0n) is 20.8. The van der Waals surface area contributed by atoms with Crippen molar-refractivity contribution in [2.24, 2.45) is 0 Å². The van der Waals surface area contributed by atoms with Crippen LogP contribution in [0.5, 0.6) is 17.2 Å². The number of carbonyl (C=O) groups excluding carboxylic acids is 2. The number of ether oxygens (including phenoxy) is 2. The number of aryl methyl sites for hydroxylation is 2. The number of halogens is 1. The Kier molecular flexibility index (Phi) is 8.49. The summed E-state index contributed by atoms with van der Waals surface area (Å²) in [5, 5.41) is -0.379. The van der Waals surface area contributed by atoms with Crippen molar-refractivity contribution in [1.82, 2.24) is 4.90 Å². The fraction of sp³-hybridized carbons (Fsp3) is 0.185. The molecule has 0 radical (unpaired) electrons. The van der Waals surface area contributed by atoms with Gasteiger partial charge in [-0.25, -0.2) is 0 Å². The molecule has 1 aliphatic rings. The first-order valence-corrected chi connectivity index (χ1v) is 14.4. The molecule has 0 unspecified atom stereocenters. The third-order valence-electron chi connectivity index (χ3n) is 5.59. The van der Waals surface area contributed by atoms with Gasteiger partial charge in [-0.2, -0.15) is 8.42 Å². The third kappa shape index (κ3) is 6.40. The fourth-order valence-electron chi connectivity index (χ4n) is 3.54. The molecule has 0 aliphatic carbocycles. The van der Waals surface area contributed by atoms with Crippen molar-refractivity contribution in [3.05, 3.63) is 86.7 Å². The Balaban J connectivity index is 1.42. The maximum Gasteiger partial charge on any atom is 0.339 e. The summed E-state index contributed by atoms with van der Waals surface area (Å²) in [6, 6.07) is 16.4. The third-order valence-corrected chi connectivity index (χ3v) is 8.37. The summed E-state index contributed by atoms with van der Waals surface area (Å²) < 4.78 is 41.8. The summed E-state index contributed by atoms with van der Waals surface area (Å²) in [6.07, 6.45) is 1.57. The van der Waals surface area contributed by atoms with Crippen molar-refractivity contribution in [3.8, 4) is 17.2 Å². The normalized spacial score (nSPS) is 14.7. The number of thioether (sulfide) groups is 1. The number of carbonyl (C=O) groups is 2. The minimum absolute atomic E-state index is 0.0236. The molecule has 2 amide bonds. The molecule has 0 saturated carbocycles. The van der Waals surface area contributed by atoms with Crippen LogP contribution in [-0.2, 0) is 14.9 Å². The van der Waals surface area contributed by atoms with Crippen LogP contribution in [0.1, 0.15) is 16.7 Å². The molecular formula is C27H24BrNO7S2.